The van der Waals surface area contributed by atoms with Crippen molar-refractivity contribution in [3.63, 3.8) is 0 Å². The van der Waals surface area contributed by atoms with Gasteiger partial charge in [0.25, 0.3) is 15.7 Å². The van der Waals surface area contributed by atoms with Crippen LogP contribution in [0.25, 0.3) is 11.3 Å². The van der Waals surface area contributed by atoms with E-state index in [0.717, 1.165) is 28.3 Å². The van der Waals surface area contributed by atoms with Gasteiger partial charge in [-0.05, 0) is 62.8 Å². The fraction of sp³-hybridized carbons (Fsp3) is 0.333. The van der Waals surface area contributed by atoms with Gasteiger partial charge in [0.15, 0.2) is 0 Å². The van der Waals surface area contributed by atoms with Crippen LogP contribution in [0.5, 0.6) is 5.88 Å². The summed E-state index contributed by atoms with van der Waals surface area (Å²) in [6.45, 7) is 9.40. The maximum atomic E-state index is 13.4. The van der Waals surface area contributed by atoms with Crippen LogP contribution in [0.4, 0.5) is 11.6 Å². The second kappa shape index (κ2) is 12.9. The first-order valence-corrected chi connectivity index (χ1v) is 16.1. The van der Waals surface area contributed by atoms with Gasteiger partial charge < -0.3 is 9.84 Å². The molecular weight excluding hydrogens is 594 g/mol. The zero-order valence-electron chi connectivity index (χ0n) is 25.7. The maximum Gasteiger partial charge on any atom is 0.270 e. The minimum absolute atomic E-state index is 0.00702. The minimum atomic E-state index is -4.29. The second-order valence-corrected chi connectivity index (χ2v) is 13.6. The highest BCUT2D eigenvalue weighted by Crippen LogP contribution is 2.36. The zero-order valence-corrected chi connectivity index (χ0v) is 26.5. The van der Waals surface area contributed by atoms with Crippen LogP contribution in [0.2, 0.25) is 0 Å². The second-order valence-electron chi connectivity index (χ2n) is 12.0. The predicted octanol–water partition coefficient (Wildman–Crippen LogP) is 5.51. The Bertz CT molecular complexity index is 1780. The Balaban J connectivity index is 1.54. The molecule has 12 heteroatoms. The molecule has 45 heavy (non-hydrogen) atoms. The monoisotopic (exact) mass is 631 g/mol. The van der Waals surface area contributed by atoms with Crippen LogP contribution in [0.1, 0.15) is 37.0 Å². The molecule has 0 bridgehead atoms. The normalized spacial score (nSPS) is 18.3. The van der Waals surface area contributed by atoms with Crippen molar-refractivity contribution in [2.75, 3.05) is 17.9 Å². The number of hydrogen-bond acceptors (Lipinski definition) is 9. The van der Waals surface area contributed by atoms with Crippen LogP contribution in [-0.2, 0) is 16.6 Å². The Morgan fingerprint density at radius 3 is 2.38 bits per heavy atom. The third kappa shape index (κ3) is 7.14. The predicted molar refractivity (Wildman–Crippen MR) is 171 cm³/mol. The lowest BCUT2D eigenvalue weighted by molar-refractivity contribution is -0.385. The highest BCUT2D eigenvalue weighted by molar-refractivity contribution is 7.92. The van der Waals surface area contributed by atoms with Crippen molar-refractivity contribution in [1.29, 1.82) is 0 Å². The van der Waals surface area contributed by atoms with Crippen LogP contribution in [0.3, 0.4) is 0 Å². The zero-order chi connectivity index (χ0) is 32.4. The van der Waals surface area contributed by atoms with Crippen molar-refractivity contribution in [2.45, 2.75) is 57.2 Å². The molecule has 5 rings (SSSR count). The number of aryl methyl sites for hydroxylation is 2. The Hall–Kier alpha value is -4.39. The molecular formula is C33H37N5O6S. The van der Waals surface area contributed by atoms with Gasteiger partial charge in [0.1, 0.15) is 6.10 Å². The Morgan fingerprint density at radius 1 is 1.02 bits per heavy atom. The lowest BCUT2D eigenvalue weighted by atomic mass is 9.81. The van der Waals surface area contributed by atoms with Gasteiger partial charge in [-0.25, -0.2) is 18.1 Å². The van der Waals surface area contributed by atoms with Crippen molar-refractivity contribution >= 4 is 21.7 Å². The summed E-state index contributed by atoms with van der Waals surface area (Å²) in [5.74, 6) is -0.112. The Kier molecular flexibility index (Phi) is 9.19. The summed E-state index contributed by atoms with van der Waals surface area (Å²) in [5.41, 5.74) is 3.43. The molecule has 1 aliphatic heterocycles. The number of rotatable bonds is 10. The molecule has 4 aromatic rings. The average molecular weight is 632 g/mol. The highest BCUT2D eigenvalue weighted by atomic mass is 32.2. The van der Waals surface area contributed by atoms with Crippen LogP contribution in [0, 0.1) is 29.9 Å². The molecule has 0 aliphatic carbocycles. The van der Waals surface area contributed by atoms with E-state index in [0.29, 0.717) is 25.2 Å². The van der Waals surface area contributed by atoms with Crippen molar-refractivity contribution < 1.29 is 23.2 Å². The summed E-state index contributed by atoms with van der Waals surface area (Å²) < 4.78 is 35.7. The molecule has 0 saturated carbocycles. The number of anilines is 1. The molecule has 0 amide bonds. The highest BCUT2D eigenvalue weighted by Gasteiger charge is 2.44. The maximum absolute atomic E-state index is 13.4. The third-order valence-electron chi connectivity index (χ3n) is 8.37. The van der Waals surface area contributed by atoms with E-state index in [2.05, 4.69) is 45.6 Å². The molecule has 2 unspecified atom stereocenters. The van der Waals surface area contributed by atoms with E-state index in [9.17, 15) is 23.6 Å². The number of sulfonamides is 1. The summed E-state index contributed by atoms with van der Waals surface area (Å²) >= 11 is 0. The lowest BCUT2D eigenvalue weighted by Crippen LogP contribution is -2.60. The fourth-order valence-electron chi connectivity index (χ4n) is 5.78. The number of likely N-dealkylation sites (tertiary alicyclic amines) is 1. The van der Waals surface area contributed by atoms with E-state index in [4.69, 9.17) is 4.74 Å². The van der Waals surface area contributed by atoms with Crippen LogP contribution < -0.4 is 9.46 Å². The number of non-ortho nitro benzene ring substituents is 1. The van der Waals surface area contributed by atoms with E-state index >= 15 is 0 Å². The lowest BCUT2D eigenvalue weighted by Gasteiger charge is -2.50. The van der Waals surface area contributed by atoms with Gasteiger partial charge >= 0.3 is 0 Å². The molecule has 2 N–H and O–H groups in total. The van der Waals surface area contributed by atoms with Gasteiger partial charge in [-0.2, -0.15) is 4.98 Å². The molecule has 1 aromatic heterocycles. The minimum Gasteiger partial charge on any atom is -0.472 e. The van der Waals surface area contributed by atoms with E-state index in [-0.39, 0.29) is 34.9 Å². The van der Waals surface area contributed by atoms with Gasteiger partial charge in [0, 0.05) is 43.5 Å². The number of benzene rings is 3. The van der Waals surface area contributed by atoms with Crippen LogP contribution >= 0.6 is 0 Å². The number of ether oxygens (including phenoxy) is 1. The number of nitro benzene ring substituents is 1. The Labute approximate surface area is 263 Å². The molecule has 3 aromatic carbocycles. The molecule has 236 valence electrons. The molecule has 0 radical (unpaired) electrons. The van der Waals surface area contributed by atoms with Gasteiger partial charge in [-0.1, -0.05) is 54.6 Å². The number of hydrogen-bond donors (Lipinski definition) is 2. The number of piperidine rings is 1. The molecule has 2 atom stereocenters. The first-order valence-electron chi connectivity index (χ1n) is 14.7. The van der Waals surface area contributed by atoms with Crippen molar-refractivity contribution in [3.8, 4) is 17.1 Å². The van der Waals surface area contributed by atoms with Gasteiger partial charge in [-0.15, -0.1) is 0 Å². The number of nitrogens with zero attached hydrogens (tertiary/aromatic N) is 4. The standard InChI is InChI=1S/C33H37N5O6S/c1-22-10-8-11-23(2)31(22)28-18-30(35-32(34-28)36-45(42,43)27-15-9-14-26(17-27)38(40)41)44-29-16-25(21-39)20-37(33(29,3)4)19-24-12-6-5-7-13-24/h5-15,17-18,25,29,39H,16,19-21H2,1-4H3,(H,34,35,36). The number of nitro groups is 1. The molecule has 1 aliphatic rings. The first kappa shape index (κ1) is 32.0. The number of aromatic nitrogens is 2. The van der Waals surface area contributed by atoms with E-state index < -0.39 is 26.6 Å². The van der Waals surface area contributed by atoms with Gasteiger partial charge in [-0.3, -0.25) is 15.0 Å². The first-order chi connectivity index (χ1) is 21.4. The van der Waals surface area contributed by atoms with E-state index in [1.807, 2.05) is 50.2 Å². The summed E-state index contributed by atoms with van der Waals surface area (Å²) in [6, 6.07) is 22.4. The third-order valence-corrected chi connectivity index (χ3v) is 9.70. The largest absolute Gasteiger partial charge is 0.472 e. The summed E-state index contributed by atoms with van der Waals surface area (Å²) in [6.07, 6.45) is 0.153. The van der Waals surface area contributed by atoms with Gasteiger partial charge in [0.2, 0.25) is 11.8 Å². The van der Waals surface area contributed by atoms with E-state index in [1.54, 1.807) is 6.07 Å². The van der Waals surface area contributed by atoms with Crippen molar-refractivity contribution in [1.82, 2.24) is 14.9 Å². The fourth-order valence-corrected chi connectivity index (χ4v) is 6.76. The molecule has 2 heterocycles. The quantitative estimate of drug-likeness (QED) is 0.171. The number of aliphatic hydroxyl groups excluding tert-OH is 1. The molecule has 1 saturated heterocycles. The average Bonchev–Trinajstić information content (AvgIpc) is 2.99. The van der Waals surface area contributed by atoms with Crippen molar-refractivity contribution in [3.05, 3.63) is 106 Å². The molecule has 1 fully saturated rings. The van der Waals surface area contributed by atoms with Crippen LogP contribution in [0.15, 0.2) is 83.8 Å². The summed E-state index contributed by atoms with van der Waals surface area (Å²) in [4.78, 5) is 21.7. The van der Waals surface area contributed by atoms with E-state index in [1.165, 1.54) is 18.2 Å². The topological polar surface area (TPSA) is 148 Å². The summed E-state index contributed by atoms with van der Waals surface area (Å²) in [5, 5.41) is 21.5. The summed E-state index contributed by atoms with van der Waals surface area (Å²) in [7, 11) is -4.29. The van der Waals surface area contributed by atoms with Crippen molar-refractivity contribution in [2.24, 2.45) is 5.92 Å². The number of nitrogens with one attached hydrogen (secondary N) is 1. The Morgan fingerprint density at radius 2 is 1.71 bits per heavy atom. The SMILES string of the molecule is Cc1cccc(C)c1-c1cc(OC2CC(CO)CN(Cc3ccccc3)C2(C)C)nc(NS(=O)(=O)c2cccc([N+](=O)[O-])c2)n1. The van der Waals surface area contributed by atoms with Crippen LogP contribution in [-0.4, -0.2) is 58.1 Å². The molecule has 0 spiro atoms. The van der Waals surface area contributed by atoms with Gasteiger partial charge in [0.05, 0.1) is 21.1 Å². The number of aliphatic hydroxyl groups is 1. The smallest absolute Gasteiger partial charge is 0.270 e. The molecule has 11 nitrogen and oxygen atoms in total.